The summed E-state index contributed by atoms with van der Waals surface area (Å²) in [5.41, 5.74) is 2.07. The quantitative estimate of drug-likeness (QED) is 0.791. The second kappa shape index (κ2) is 4.03. The Kier molecular flexibility index (Phi) is 3.19. The van der Waals surface area contributed by atoms with Gasteiger partial charge in [-0.2, -0.15) is 0 Å². The molecule has 1 heterocycles. The summed E-state index contributed by atoms with van der Waals surface area (Å²) in [5.74, 6) is 0.578. The molecule has 0 saturated heterocycles. The number of hydrogen-bond acceptors (Lipinski definition) is 1. The Hall–Kier alpha value is -0.990. The molecule has 0 aliphatic rings. The first-order valence-electron chi connectivity index (χ1n) is 5.23. The summed E-state index contributed by atoms with van der Waals surface area (Å²) >= 11 is 0. The van der Waals surface area contributed by atoms with E-state index in [1.165, 1.54) is 0 Å². The van der Waals surface area contributed by atoms with Crippen LogP contribution in [0.15, 0.2) is 4.79 Å². The van der Waals surface area contributed by atoms with Crippen molar-refractivity contribution in [2.24, 2.45) is 5.92 Å². The molecule has 14 heavy (non-hydrogen) atoms. The van der Waals surface area contributed by atoms with Gasteiger partial charge in [0.15, 0.2) is 0 Å². The number of nitrogens with one attached hydrogen (secondary N) is 1. The Bertz CT molecular complexity index is 358. The number of nitrogens with zero attached hydrogens (tertiary/aromatic N) is 1. The highest BCUT2D eigenvalue weighted by Crippen LogP contribution is 2.14. The van der Waals surface area contributed by atoms with Gasteiger partial charge in [0.05, 0.1) is 0 Å². The average molecular weight is 196 g/mol. The van der Waals surface area contributed by atoms with Crippen molar-refractivity contribution >= 4 is 0 Å². The van der Waals surface area contributed by atoms with Crippen molar-refractivity contribution in [3.63, 3.8) is 0 Å². The molecule has 0 unspecified atom stereocenters. The number of aromatic amines is 1. The lowest BCUT2D eigenvalue weighted by Gasteiger charge is -2.14. The fourth-order valence-corrected chi connectivity index (χ4v) is 1.65. The topological polar surface area (TPSA) is 37.8 Å². The van der Waals surface area contributed by atoms with Crippen LogP contribution in [-0.4, -0.2) is 9.78 Å². The van der Waals surface area contributed by atoms with Crippen molar-refractivity contribution in [2.75, 3.05) is 0 Å². The highest BCUT2D eigenvalue weighted by molar-refractivity contribution is 5.17. The summed E-state index contributed by atoms with van der Waals surface area (Å²) in [4.78, 5) is 11.5. The van der Waals surface area contributed by atoms with Crippen LogP contribution in [0.25, 0.3) is 0 Å². The first-order valence-corrected chi connectivity index (χ1v) is 5.23. The van der Waals surface area contributed by atoms with Crippen LogP contribution in [0.3, 0.4) is 0 Å². The summed E-state index contributed by atoms with van der Waals surface area (Å²) in [7, 11) is 0. The minimum Gasteiger partial charge on any atom is -0.286 e. The van der Waals surface area contributed by atoms with E-state index in [4.69, 9.17) is 0 Å². The molecule has 0 bridgehead atoms. The predicted octanol–water partition coefficient (Wildman–Crippen LogP) is 2.26. The maximum Gasteiger partial charge on any atom is 0.267 e. The molecule has 0 saturated carbocycles. The van der Waals surface area contributed by atoms with E-state index >= 15 is 0 Å². The molecule has 0 atom stereocenters. The van der Waals surface area contributed by atoms with Crippen LogP contribution >= 0.6 is 0 Å². The molecular formula is C11H20N2O. The van der Waals surface area contributed by atoms with Crippen LogP contribution in [0.1, 0.15) is 45.0 Å². The second-order valence-corrected chi connectivity index (χ2v) is 4.57. The summed E-state index contributed by atoms with van der Waals surface area (Å²) in [5, 5.41) is 2.88. The zero-order valence-corrected chi connectivity index (χ0v) is 9.72. The second-order valence-electron chi connectivity index (χ2n) is 4.57. The first-order chi connectivity index (χ1) is 6.43. The smallest absolute Gasteiger partial charge is 0.267 e. The van der Waals surface area contributed by atoms with Gasteiger partial charge in [0.1, 0.15) is 0 Å². The van der Waals surface area contributed by atoms with Gasteiger partial charge in [-0.25, -0.2) is 0 Å². The average Bonchev–Trinajstić information content (AvgIpc) is 2.32. The molecule has 1 aromatic heterocycles. The fourth-order valence-electron chi connectivity index (χ4n) is 1.65. The Morgan fingerprint density at radius 3 is 2.29 bits per heavy atom. The SMILES string of the molecule is Cc1c(CC(C)C)n(C(C)C)[nH]c1=O. The molecule has 3 heteroatoms. The molecule has 0 aromatic carbocycles. The lowest BCUT2D eigenvalue weighted by Crippen LogP contribution is -2.11. The van der Waals surface area contributed by atoms with Gasteiger partial charge in [-0.15, -0.1) is 0 Å². The third-order valence-corrected chi connectivity index (χ3v) is 2.40. The van der Waals surface area contributed by atoms with Crippen molar-refractivity contribution in [3.8, 4) is 0 Å². The Morgan fingerprint density at radius 1 is 1.29 bits per heavy atom. The maximum atomic E-state index is 11.5. The molecule has 1 rings (SSSR count). The van der Waals surface area contributed by atoms with Crippen LogP contribution in [-0.2, 0) is 6.42 Å². The van der Waals surface area contributed by atoms with E-state index in [2.05, 4.69) is 32.8 Å². The van der Waals surface area contributed by atoms with Gasteiger partial charge >= 0.3 is 0 Å². The maximum absolute atomic E-state index is 11.5. The van der Waals surface area contributed by atoms with E-state index < -0.39 is 0 Å². The third kappa shape index (κ3) is 2.08. The normalized spacial score (nSPS) is 11.6. The largest absolute Gasteiger partial charge is 0.286 e. The van der Waals surface area contributed by atoms with Crippen molar-refractivity contribution in [3.05, 3.63) is 21.6 Å². The Morgan fingerprint density at radius 2 is 1.86 bits per heavy atom. The minimum absolute atomic E-state index is 0.0503. The Balaban J connectivity index is 3.16. The van der Waals surface area contributed by atoms with Gasteiger partial charge in [0.2, 0.25) is 0 Å². The molecule has 0 radical (unpaired) electrons. The molecule has 0 aliphatic heterocycles. The lowest BCUT2D eigenvalue weighted by molar-refractivity contribution is 0.485. The minimum atomic E-state index is 0.0503. The fraction of sp³-hybridized carbons (Fsp3) is 0.727. The van der Waals surface area contributed by atoms with Crippen LogP contribution in [0, 0.1) is 12.8 Å². The van der Waals surface area contributed by atoms with E-state index in [-0.39, 0.29) is 5.56 Å². The van der Waals surface area contributed by atoms with Gasteiger partial charge in [-0.3, -0.25) is 14.6 Å². The number of hydrogen-bond donors (Lipinski definition) is 1. The molecule has 0 aliphatic carbocycles. The van der Waals surface area contributed by atoms with Crippen LogP contribution in [0.4, 0.5) is 0 Å². The summed E-state index contributed by atoms with van der Waals surface area (Å²) in [6.45, 7) is 10.4. The molecule has 0 amide bonds. The molecular weight excluding hydrogens is 176 g/mol. The highest BCUT2D eigenvalue weighted by atomic mass is 16.1. The van der Waals surface area contributed by atoms with Gasteiger partial charge in [-0.1, -0.05) is 13.8 Å². The van der Waals surface area contributed by atoms with Crippen molar-refractivity contribution in [1.82, 2.24) is 9.78 Å². The Labute approximate surface area is 85.1 Å². The van der Waals surface area contributed by atoms with Crippen LogP contribution in [0.2, 0.25) is 0 Å². The zero-order valence-electron chi connectivity index (χ0n) is 9.72. The zero-order chi connectivity index (χ0) is 10.9. The predicted molar refractivity (Wildman–Crippen MR) is 58.7 cm³/mol. The number of H-pyrrole nitrogens is 1. The molecule has 0 fully saturated rings. The van der Waals surface area contributed by atoms with Gasteiger partial charge < -0.3 is 0 Å². The van der Waals surface area contributed by atoms with E-state index in [1.54, 1.807) is 0 Å². The first kappa shape index (κ1) is 11.1. The molecule has 1 aromatic rings. The molecule has 1 N–H and O–H groups in total. The lowest BCUT2D eigenvalue weighted by atomic mass is 10.1. The molecule has 80 valence electrons. The van der Waals surface area contributed by atoms with Gasteiger partial charge in [-0.05, 0) is 33.1 Å². The third-order valence-electron chi connectivity index (χ3n) is 2.40. The van der Waals surface area contributed by atoms with E-state index in [0.717, 1.165) is 17.7 Å². The molecule has 3 nitrogen and oxygen atoms in total. The van der Waals surface area contributed by atoms with Crippen LogP contribution in [0.5, 0.6) is 0 Å². The van der Waals surface area contributed by atoms with E-state index in [1.807, 2.05) is 11.6 Å². The van der Waals surface area contributed by atoms with Gasteiger partial charge in [0, 0.05) is 17.3 Å². The van der Waals surface area contributed by atoms with Crippen molar-refractivity contribution in [2.45, 2.75) is 47.1 Å². The van der Waals surface area contributed by atoms with E-state index in [0.29, 0.717) is 12.0 Å². The van der Waals surface area contributed by atoms with Gasteiger partial charge in [0.25, 0.3) is 5.56 Å². The highest BCUT2D eigenvalue weighted by Gasteiger charge is 2.13. The number of aromatic nitrogens is 2. The molecule has 0 spiro atoms. The summed E-state index contributed by atoms with van der Waals surface area (Å²) < 4.78 is 1.98. The standard InChI is InChI=1S/C11H20N2O/c1-7(2)6-10-9(5)11(14)12-13(10)8(3)4/h7-8H,6H2,1-5H3,(H,12,14). The van der Waals surface area contributed by atoms with Crippen molar-refractivity contribution in [1.29, 1.82) is 0 Å². The number of rotatable bonds is 3. The van der Waals surface area contributed by atoms with Crippen LogP contribution < -0.4 is 5.56 Å². The summed E-state index contributed by atoms with van der Waals surface area (Å²) in [6, 6.07) is 0.324. The monoisotopic (exact) mass is 196 g/mol. The van der Waals surface area contributed by atoms with E-state index in [9.17, 15) is 4.79 Å². The van der Waals surface area contributed by atoms with Crippen molar-refractivity contribution < 1.29 is 0 Å². The summed E-state index contributed by atoms with van der Waals surface area (Å²) in [6.07, 6.45) is 0.961.